The summed E-state index contributed by atoms with van der Waals surface area (Å²) in [5.41, 5.74) is 0. The van der Waals surface area contributed by atoms with Crippen molar-refractivity contribution in [2.75, 3.05) is 0 Å². The summed E-state index contributed by atoms with van der Waals surface area (Å²) in [6, 6.07) is 0. The third kappa shape index (κ3) is 11.5. The Morgan fingerprint density at radius 3 is 1.25 bits per heavy atom. The van der Waals surface area contributed by atoms with E-state index in [0.29, 0.717) is 0 Å². The first-order valence-electron chi connectivity index (χ1n) is 0.436. The molecule has 0 rings (SSSR count). The van der Waals surface area contributed by atoms with Crippen molar-refractivity contribution in [2.45, 2.75) is 0 Å². The van der Waals surface area contributed by atoms with Crippen molar-refractivity contribution >= 4 is 33.5 Å². The van der Waals surface area contributed by atoms with Crippen molar-refractivity contribution in [3.63, 3.8) is 0 Å². The Hall–Kier alpha value is 1.07. The highest BCUT2D eigenvalue weighted by molar-refractivity contribution is 7.22. The van der Waals surface area contributed by atoms with Crippen LogP contribution in [0.25, 0.3) is 0 Å². The van der Waals surface area contributed by atoms with Gasteiger partial charge in [0.05, 0.1) is 0 Å². The maximum atomic E-state index is 4.85. The molecular formula is H2AlCl2O. The molecule has 0 aliphatic carbocycles. The average molecular weight is 116 g/mol. The van der Waals surface area contributed by atoms with Gasteiger partial charge in [-0.15, -0.1) is 0 Å². The minimum Gasteiger partial charge on any atom is -0.412 e. The van der Waals surface area contributed by atoms with Crippen LogP contribution in [-0.4, -0.2) is 18.9 Å². The molecular weight excluding hydrogens is 114 g/mol. The van der Waals surface area contributed by atoms with Gasteiger partial charge in [0.2, 0.25) is 0 Å². The molecule has 25 valence electrons. The highest BCUT2D eigenvalue weighted by Gasteiger charge is 1.59. The standard InChI is InChI=1S/Al.2ClH.H2O/h;2*1H;1H2/q+2;;;/p-2. The van der Waals surface area contributed by atoms with Gasteiger partial charge in [0.1, 0.15) is 0 Å². The highest BCUT2D eigenvalue weighted by atomic mass is 35.7. The van der Waals surface area contributed by atoms with E-state index < -0.39 is 0 Å². The second kappa shape index (κ2) is 8.95. The van der Waals surface area contributed by atoms with Crippen LogP contribution in [0.5, 0.6) is 0 Å². The van der Waals surface area contributed by atoms with E-state index >= 15 is 0 Å². The summed E-state index contributed by atoms with van der Waals surface area (Å²) in [6.45, 7) is 0. The lowest BCUT2D eigenvalue weighted by atomic mass is 16.0. The minimum atomic E-state index is -0.306. The van der Waals surface area contributed by atoms with E-state index in [4.69, 9.17) is 20.1 Å². The van der Waals surface area contributed by atoms with E-state index in [1.165, 1.54) is 0 Å². The van der Waals surface area contributed by atoms with E-state index in [1.54, 1.807) is 0 Å². The first kappa shape index (κ1) is 8.91. The lowest BCUT2D eigenvalue weighted by molar-refractivity contribution is 0.824. The van der Waals surface area contributed by atoms with Crippen molar-refractivity contribution in [1.29, 1.82) is 0 Å². The Morgan fingerprint density at radius 2 is 1.25 bits per heavy atom. The van der Waals surface area contributed by atoms with Crippen molar-refractivity contribution in [2.24, 2.45) is 0 Å². The molecule has 0 aromatic heterocycles. The molecule has 1 radical (unpaired) electrons. The fourth-order valence-electron chi connectivity index (χ4n) is 0. The highest BCUT2D eigenvalue weighted by Crippen LogP contribution is 1.67. The molecule has 0 saturated carbocycles. The van der Waals surface area contributed by atoms with Crippen molar-refractivity contribution in [1.82, 2.24) is 0 Å². The number of hydrogen-bond acceptors (Lipinski definition) is 0. The quantitative estimate of drug-likeness (QED) is 0.404. The summed E-state index contributed by atoms with van der Waals surface area (Å²) in [5.74, 6) is 0. The van der Waals surface area contributed by atoms with Crippen molar-refractivity contribution < 1.29 is 5.48 Å². The van der Waals surface area contributed by atoms with Crippen LogP contribution in [0.4, 0.5) is 0 Å². The zero-order chi connectivity index (χ0) is 2.71. The van der Waals surface area contributed by atoms with Crippen LogP contribution in [0, 0.1) is 0 Å². The number of hydrogen-bond donors (Lipinski definition) is 0. The SMILES string of the molecule is O.[Cl][Al][Cl]. The maximum Gasteiger partial charge on any atom is 0.495 e. The monoisotopic (exact) mass is 115 g/mol. The minimum absolute atomic E-state index is 0. The molecule has 1 nitrogen and oxygen atoms in total. The zero-order valence-corrected chi connectivity index (χ0v) is 4.50. The van der Waals surface area contributed by atoms with Crippen LogP contribution in [0.1, 0.15) is 0 Å². The van der Waals surface area contributed by atoms with E-state index in [2.05, 4.69) is 0 Å². The van der Waals surface area contributed by atoms with Gasteiger partial charge in [-0.2, -0.15) is 0 Å². The van der Waals surface area contributed by atoms with Crippen LogP contribution in [0.2, 0.25) is 0 Å². The van der Waals surface area contributed by atoms with E-state index in [-0.39, 0.29) is 18.9 Å². The number of halogens is 2. The lowest BCUT2D eigenvalue weighted by Crippen LogP contribution is -1.36. The molecule has 0 saturated heterocycles. The molecule has 0 aromatic carbocycles. The first-order valence-corrected chi connectivity index (χ1v) is 3.93. The Kier molecular flexibility index (Phi) is 19.9. The summed E-state index contributed by atoms with van der Waals surface area (Å²) >= 11 is -0.306. The molecule has 0 spiro atoms. The Labute approximate surface area is 39.3 Å². The molecule has 0 unspecified atom stereocenters. The zero-order valence-electron chi connectivity index (χ0n) is 1.83. The molecule has 0 atom stereocenters. The molecule has 0 aromatic rings. The summed E-state index contributed by atoms with van der Waals surface area (Å²) < 4.78 is 0. The van der Waals surface area contributed by atoms with Gasteiger partial charge in [-0.1, -0.05) is 0 Å². The molecule has 0 aliphatic heterocycles. The Bertz CT molecular complexity index is 6.00. The van der Waals surface area contributed by atoms with Gasteiger partial charge in [0.15, 0.2) is 0 Å². The lowest BCUT2D eigenvalue weighted by Gasteiger charge is -1.34. The molecule has 2 N–H and O–H groups in total. The third-order valence-corrected chi connectivity index (χ3v) is 0. The van der Waals surface area contributed by atoms with Crippen LogP contribution in [0.3, 0.4) is 0 Å². The van der Waals surface area contributed by atoms with Gasteiger partial charge in [-0.3, -0.25) is 0 Å². The van der Waals surface area contributed by atoms with Gasteiger partial charge in [0, 0.05) is 0 Å². The molecule has 4 heavy (non-hydrogen) atoms. The normalized spacial score (nSPS) is 3.50. The van der Waals surface area contributed by atoms with Gasteiger partial charge >= 0.3 is 13.4 Å². The van der Waals surface area contributed by atoms with Gasteiger partial charge in [-0.05, 0) is 0 Å². The molecule has 4 heteroatoms. The van der Waals surface area contributed by atoms with E-state index in [0.717, 1.165) is 0 Å². The maximum absolute atomic E-state index is 4.85. The van der Waals surface area contributed by atoms with Gasteiger partial charge in [-0.25, -0.2) is 20.1 Å². The summed E-state index contributed by atoms with van der Waals surface area (Å²) in [6.07, 6.45) is 0. The fraction of sp³-hybridized carbons (Fsp3) is 0. The van der Waals surface area contributed by atoms with Crippen LogP contribution >= 0.6 is 20.1 Å². The molecule has 0 aliphatic rings. The third-order valence-electron chi connectivity index (χ3n) is 0. The van der Waals surface area contributed by atoms with Gasteiger partial charge < -0.3 is 5.48 Å². The fourth-order valence-corrected chi connectivity index (χ4v) is 0. The number of rotatable bonds is 0. The van der Waals surface area contributed by atoms with Gasteiger partial charge in [0.25, 0.3) is 0 Å². The largest absolute Gasteiger partial charge is 0.495 e. The summed E-state index contributed by atoms with van der Waals surface area (Å²) in [4.78, 5) is 0. The Balaban J connectivity index is 0. The summed E-state index contributed by atoms with van der Waals surface area (Å²) in [5, 5.41) is 0. The van der Waals surface area contributed by atoms with Crippen LogP contribution in [-0.2, 0) is 0 Å². The molecule has 0 bridgehead atoms. The molecule has 0 amide bonds. The van der Waals surface area contributed by atoms with Crippen molar-refractivity contribution in [3.8, 4) is 0 Å². The second-order valence-corrected chi connectivity index (χ2v) is 2.23. The topological polar surface area (TPSA) is 31.5 Å². The molecule has 0 heterocycles. The van der Waals surface area contributed by atoms with E-state index in [1.807, 2.05) is 0 Å². The Morgan fingerprint density at radius 1 is 1.25 bits per heavy atom. The second-order valence-electron chi connectivity index (χ2n) is 0.0825. The average Bonchev–Trinajstić information content (AvgIpc) is 0.918. The first-order chi connectivity index (χ1) is 1.41. The summed E-state index contributed by atoms with van der Waals surface area (Å²) in [7, 11) is 9.69. The van der Waals surface area contributed by atoms with E-state index in [9.17, 15) is 0 Å². The predicted octanol–water partition coefficient (Wildman–Crippen LogP) is 0.173. The van der Waals surface area contributed by atoms with Crippen LogP contribution < -0.4 is 0 Å². The van der Waals surface area contributed by atoms with Crippen molar-refractivity contribution in [3.05, 3.63) is 0 Å². The molecule has 0 fully saturated rings. The predicted molar refractivity (Wildman–Crippen MR) is 21.1 cm³/mol. The smallest absolute Gasteiger partial charge is 0.412 e. The van der Waals surface area contributed by atoms with Crippen LogP contribution in [0.15, 0.2) is 0 Å².